The zero-order chi connectivity index (χ0) is 19.2. The molecule has 26 heavy (non-hydrogen) atoms. The summed E-state index contributed by atoms with van der Waals surface area (Å²) in [5.74, 6) is -0.892. The van der Waals surface area contributed by atoms with E-state index >= 15 is 0 Å². The van der Waals surface area contributed by atoms with Gasteiger partial charge in [-0.15, -0.1) is 13.2 Å². The van der Waals surface area contributed by atoms with Crippen LogP contribution in [0.3, 0.4) is 0 Å². The monoisotopic (exact) mass is 386 g/mol. The maximum atomic E-state index is 12.1. The first kappa shape index (κ1) is 19.6. The van der Waals surface area contributed by atoms with Crippen molar-refractivity contribution in [3.05, 3.63) is 59.1 Å². The summed E-state index contributed by atoms with van der Waals surface area (Å²) in [5.41, 5.74) is 1.64. The summed E-state index contributed by atoms with van der Waals surface area (Å²) in [5, 5.41) is 6.88. The molecule has 138 valence electrons. The molecule has 9 heteroatoms. The summed E-state index contributed by atoms with van der Waals surface area (Å²) in [7, 11) is 0. The van der Waals surface area contributed by atoms with Crippen LogP contribution in [0.1, 0.15) is 12.5 Å². The second kappa shape index (κ2) is 8.57. The van der Waals surface area contributed by atoms with E-state index in [1.54, 1.807) is 31.2 Å². The van der Waals surface area contributed by atoms with E-state index in [4.69, 9.17) is 16.4 Å². The van der Waals surface area contributed by atoms with Crippen molar-refractivity contribution < 1.29 is 27.5 Å². The molecule has 0 saturated heterocycles. The van der Waals surface area contributed by atoms with E-state index in [-0.39, 0.29) is 12.4 Å². The number of halogens is 4. The number of hydrogen-bond donors (Lipinski definition) is 1. The van der Waals surface area contributed by atoms with Gasteiger partial charge < -0.3 is 14.9 Å². The number of nitrogens with zero attached hydrogens (tertiary/aromatic N) is 1. The lowest BCUT2D eigenvalue weighted by atomic mass is 10.1. The predicted molar refractivity (Wildman–Crippen MR) is 91.4 cm³/mol. The zero-order valence-corrected chi connectivity index (χ0v) is 14.3. The van der Waals surface area contributed by atoms with Gasteiger partial charge in [-0.3, -0.25) is 4.79 Å². The molecule has 0 fully saturated rings. The number of amides is 1. The molecule has 0 heterocycles. The minimum atomic E-state index is -4.77. The Kier molecular flexibility index (Phi) is 6.46. The number of hydrogen-bond acceptors (Lipinski definition) is 4. The van der Waals surface area contributed by atoms with Crippen LogP contribution in [0.2, 0.25) is 5.02 Å². The molecule has 0 atom stereocenters. The van der Waals surface area contributed by atoms with Crippen molar-refractivity contribution in [2.24, 2.45) is 5.16 Å². The molecule has 0 aliphatic heterocycles. The number of benzene rings is 2. The van der Waals surface area contributed by atoms with E-state index < -0.39 is 12.3 Å². The Morgan fingerprint density at radius 3 is 2.31 bits per heavy atom. The van der Waals surface area contributed by atoms with Crippen LogP contribution in [0.4, 0.5) is 18.9 Å². The van der Waals surface area contributed by atoms with Crippen LogP contribution in [-0.4, -0.2) is 24.6 Å². The normalized spacial score (nSPS) is 11.8. The fraction of sp³-hybridized carbons (Fsp3) is 0.176. The maximum absolute atomic E-state index is 12.1. The van der Waals surface area contributed by atoms with Crippen molar-refractivity contribution in [2.75, 3.05) is 11.9 Å². The number of oxime groups is 1. The van der Waals surface area contributed by atoms with E-state index in [1.165, 1.54) is 12.1 Å². The zero-order valence-electron chi connectivity index (χ0n) is 13.5. The molecule has 2 aromatic rings. The van der Waals surface area contributed by atoms with Crippen molar-refractivity contribution in [3.8, 4) is 5.75 Å². The van der Waals surface area contributed by atoms with Crippen molar-refractivity contribution in [3.63, 3.8) is 0 Å². The van der Waals surface area contributed by atoms with Crippen LogP contribution in [0, 0.1) is 0 Å². The SMILES string of the molecule is C/C(=N\OCC(=O)Nc1ccc(OC(F)(F)F)cc1)c1ccc(Cl)cc1. The smallest absolute Gasteiger partial charge is 0.406 e. The largest absolute Gasteiger partial charge is 0.573 e. The van der Waals surface area contributed by atoms with Gasteiger partial charge in [-0.05, 0) is 48.9 Å². The Labute approximate surface area is 152 Å². The third-order valence-electron chi connectivity index (χ3n) is 3.03. The molecule has 1 amide bonds. The van der Waals surface area contributed by atoms with E-state index in [2.05, 4.69) is 15.2 Å². The molecule has 1 N–H and O–H groups in total. The van der Waals surface area contributed by atoms with Gasteiger partial charge in [0, 0.05) is 10.7 Å². The average molecular weight is 387 g/mol. The minimum Gasteiger partial charge on any atom is -0.406 e. The molecule has 0 aliphatic carbocycles. The van der Waals surface area contributed by atoms with Gasteiger partial charge in [0.05, 0.1) is 5.71 Å². The Hall–Kier alpha value is -2.74. The molecule has 5 nitrogen and oxygen atoms in total. The number of carbonyl (C=O) groups is 1. The van der Waals surface area contributed by atoms with Crippen molar-refractivity contribution >= 4 is 28.9 Å². The van der Waals surface area contributed by atoms with E-state index in [9.17, 15) is 18.0 Å². The first-order valence-corrected chi connectivity index (χ1v) is 7.69. The Bertz CT molecular complexity index is 775. The van der Waals surface area contributed by atoms with Gasteiger partial charge in [-0.25, -0.2) is 0 Å². The number of ether oxygens (including phenoxy) is 1. The number of nitrogens with one attached hydrogen (secondary N) is 1. The highest BCUT2D eigenvalue weighted by molar-refractivity contribution is 6.30. The fourth-order valence-electron chi connectivity index (χ4n) is 1.87. The standard InChI is InChI=1S/C17H14ClF3N2O3/c1-11(12-2-4-13(18)5-3-12)23-25-10-16(24)22-14-6-8-15(9-7-14)26-17(19,20)21/h2-9H,10H2,1H3,(H,22,24)/b23-11+. The van der Waals surface area contributed by atoms with E-state index in [0.29, 0.717) is 16.4 Å². The summed E-state index contributed by atoms with van der Waals surface area (Å²) in [6.45, 7) is 1.35. The number of rotatable bonds is 6. The van der Waals surface area contributed by atoms with Crippen LogP contribution in [0.15, 0.2) is 53.7 Å². The van der Waals surface area contributed by atoms with E-state index in [1.807, 2.05) is 0 Å². The van der Waals surface area contributed by atoms with Crippen LogP contribution in [0.5, 0.6) is 5.75 Å². The highest BCUT2D eigenvalue weighted by atomic mass is 35.5. The average Bonchev–Trinajstić information content (AvgIpc) is 2.56. The molecule has 0 radical (unpaired) electrons. The molecule has 0 aliphatic rings. The molecular weight excluding hydrogens is 373 g/mol. The third kappa shape index (κ3) is 6.64. The molecular formula is C17H14ClF3N2O3. The number of carbonyl (C=O) groups excluding carboxylic acids is 1. The molecule has 0 aromatic heterocycles. The van der Waals surface area contributed by atoms with Gasteiger partial charge in [-0.2, -0.15) is 0 Å². The lowest BCUT2D eigenvalue weighted by molar-refractivity contribution is -0.274. The molecule has 0 saturated carbocycles. The number of alkyl halides is 3. The van der Waals surface area contributed by atoms with Crippen molar-refractivity contribution in [1.29, 1.82) is 0 Å². The van der Waals surface area contributed by atoms with Gasteiger partial charge in [0.15, 0.2) is 6.61 Å². The van der Waals surface area contributed by atoms with Gasteiger partial charge in [-0.1, -0.05) is 28.9 Å². The summed E-state index contributed by atoms with van der Waals surface area (Å²) < 4.78 is 40.0. The lowest BCUT2D eigenvalue weighted by Crippen LogP contribution is -2.18. The Morgan fingerprint density at radius 2 is 1.73 bits per heavy atom. The summed E-state index contributed by atoms with van der Waals surface area (Å²) in [4.78, 5) is 16.7. The second-order valence-corrected chi connectivity index (χ2v) is 5.51. The molecule has 2 aromatic carbocycles. The highest BCUT2D eigenvalue weighted by Gasteiger charge is 2.30. The summed E-state index contributed by atoms with van der Waals surface area (Å²) in [6.07, 6.45) is -4.77. The predicted octanol–water partition coefficient (Wildman–Crippen LogP) is 4.62. The first-order chi connectivity index (χ1) is 12.2. The highest BCUT2D eigenvalue weighted by Crippen LogP contribution is 2.23. The van der Waals surface area contributed by atoms with Crippen LogP contribution in [-0.2, 0) is 9.63 Å². The van der Waals surface area contributed by atoms with Crippen LogP contribution < -0.4 is 10.1 Å². The van der Waals surface area contributed by atoms with Gasteiger partial charge in [0.25, 0.3) is 5.91 Å². The lowest BCUT2D eigenvalue weighted by Gasteiger charge is -2.09. The molecule has 0 spiro atoms. The topological polar surface area (TPSA) is 59.9 Å². The van der Waals surface area contributed by atoms with E-state index in [0.717, 1.165) is 17.7 Å². The van der Waals surface area contributed by atoms with Crippen molar-refractivity contribution in [2.45, 2.75) is 13.3 Å². The summed E-state index contributed by atoms with van der Waals surface area (Å²) >= 11 is 5.79. The third-order valence-corrected chi connectivity index (χ3v) is 3.28. The molecule has 2 rings (SSSR count). The molecule has 0 bridgehead atoms. The molecule has 0 unspecified atom stereocenters. The van der Waals surface area contributed by atoms with Crippen molar-refractivity contribution in [1.82, 2.24) is 0 Å². The number of anilines is 1. The van der Waals surface area contributed by atoms with Crippen LogP contribution >= 0.6 is 11.6 Å². The van der Waals surface area contributed by atoms with Gasteiger partial charge in [0.2, 0.25) is 0 Å². The summed E-state index contributed by atoms with van der Waals surface area (Å²) in [6, 6.07) is 11.7. The Balaban J connectivity index is 1.83. The van der Waals surface area contributed by atoms with Gasteiger partial charge >= 0.3 is 6.36 Å². The maximum Gasteiger partial charge on any atom is 0.573 e. The minimum absolute atomic E-state index is 0.298. The van der Waals surface area contributed by atoms with Crippen LogP contribution in [0.25, 0.3) is 0 Å². The quantitative estimate of drug-likeness (QED) is 0.582. The van der Waals surface area contributed by atoms with Gasteiger partial charge in [0.1, 0.15) is 5.75 Å². The second-order valence-electron chi connectivity index (χ2n) is 5.08. The first-order valence-electron chi connectivity index (χ1n) is 7.31. The Morgan fingerprint density at radius 1 is 1.12 bits per heavy atom. The fourth-order valence-corrected chi connectivity index (χ4v) is 1.99.